The largest absolute Gasteiger partial charge is 0.365 e. The molecule has 12 heavy (non-hydrogen) atoms. The topological polar surface area (TPSA) is 55.1 Å². The molecule has 1 aromatic rings. The lowest BCUT2D eigenvalue weighted by molar-refractivity contribution is 0.0978. The summed E-state index contributed by atoms with van der Waals surface area (Å²) in [7, 11) is 0. The van der Waals surface area contributed by atoms with E-state index >= 15 is 0 Å². The molecule has 0 atom stereocenters. The van der Waals surface area contributed by atoms with Crippen molar-refractivity contribution in [3.05, 3.63) is 11.8 Å². The van der Waals surface area contributed by atoms with Gasteiger partial charge in [-0.3, -0.25) is 4.79 Å². The number of carbonyl (C=O) groups is 1. The predicted molar refractivity (Wildman–Crippen MR) is 45.3 cm³/mol. The van der Waals surface area contributed by atoms with Crippen LogP contribution in [0.3, 0.4) is 0 Å². The van der Waals surface area contributed by atoms with Crippen molar-refractivity contribution in [1.29, 1.82) is 0 Å². The third-order valence-electron chi connectivity index (χ3n) is 1.29. The summed E-state index contributed by atoms with van der Waals surface area (Å²) in [5.74, 6) is 0.785. The molecule has 66 valence electrons. The van der Waals surface area contributed by atoms with Gasteiger partial charge in [0.15, 0.2) is 11.6 Å². The Kier molecular flexibility index (Phi) is 2.47. The minimum atomic E-state index is -0.112. The third-order valence-corrected chi connectivity index (χ3v) is 1.29. The van der Waals surface area contributed by atoms with Gasteiger partial charge in [-0.05, 0) is 13.8 Å². The van der Waals surface area contributed by atoms with E-state index in [9.17, 15) is 4.79 Å². The van der Waals surface area contributed by atoms with E-state index in [1.165, 1.54) is 6.92 Å². The highest BCUT2D eigenvalue weighted by Gasteiger charge is 2.07. The summed E-state index contributed by atoms with van der Waals surface area (Å²) in [5, 5.41) is 6.69. The van der Waals surface area contributed by atoms with Gasteiger partial charge in [0.25, 0.3) is 0 Å². The van der Waals surface area contributed by atoms with E-state index in [2.05, 4.69) is 10.5 Å². The Morgan fingerprint density at radius 3 is 2.75 bits per heavy atom. The average molecular weight is 168 g/mol. The smallest absolute Gasteiger partial charge is 0.204 e. The summed E-state index contributed by atoms with van der Waals surface area (Å²) in [6, 6.07) is 1.89. The molecule has 4 nitrogen and oxygen atoms in total. The van der Waals surface area contributed by atoms with Crippen LogP contribution in [0.5, 0.6) is 0 Å². The van der Waals surface area contributed by atoms with Crippen molar-refractivity contribution < 1.29 is 9.32 Å². The van der Waals surface area contributed by atoms with Crippen LogP contribution in [0.15, 0.2) is 10.6 Å². The van der Waals surface area contributed by atoms with Crippen LogP contribution in [0.2, 0.25) is 0 Å². The monoisotopic (exact) mass is 168 g/mol. The fourth-order valence-corrected chi connectivity index (χ4v) is 0.805. The van der Waals surface area contributed by atoms with Gasteiger partial charge in [0.1, 0.15) is 0 Å². The van der Waals surface area contributed by atoms with Crippen LogP contribution in [-0.2, 0) is 0 Å². The molecule has 0 saturated heterocycles. The second-order valence-corrected chi connectivity index (χ2v) is 2.93. The first-order chi connectivity index (χ1) is 5.59. The summed E-state index contributed by atoms with van der Waals surface area (Å²) in [4.78, 5) is 10.8. The summed E-state index contributed by atoms with van der Waals surface area (Å²) in [5.41, 5.74) is 0. The van der Waals surface area contributed by atoms with E-state index in [1.807, 2.05) is 13.8 Å². The lowest BCUT2D eigenvalue weighted by Crippen LogP contribution is -2.09. The Labute approximate surface area is 70.9 Å². The molecular weight excluding hydrogens is 156 g/mol. The number of anilines is 1. The van der Waals surface area contributed by atoms with Crippen LogP contribution in [0.4, 0.5) is 5.82 Å². The minimum absolute atomic E-state index is 0.112. The zero-order valence-corrected chi connectivity index (χ0v) is 7.42. The molecule has 0 spiro atoms. The van der Waals surface area contributed by atoms with Crippen molar-refractivity contribution in [1.82, 2.24) is 5.16 Å². The molecule has 1 N–H and O–H groups in total. The van der Waals surface area contributed by atoms with E-state index in [4.69, 9.17) is 4.52 Å². The molecule has 0 amide bonds. The molecular formula is C8H12N2O2. The van der Waals surface area contributed by atoms with E-state index in [0.717, 1.165) is 0 Å². The molecule has 4 heteroatoms. The standard InChI is InChI=1S/C8H12N2O2/c1-5(2)9-8-4-7(6(3)11)12-10-8/h4-5H,1-3H3,(H,9,10). The van der Waals surface area contributed by atoms with Crippen molar-refractivity contribution in [3.63, 3.8) is 0 Å². The quantitative estimate of drug-likeness (QED) is 0.698. The summed E-state index contributed by atoms with van der Waals surface area (Å²) >= 11 is 0. The molecule has 0 aliphatic heterocycles. The van der Waals surface area contributed by atoms with E-state index in [-0.39, 0.29) is 17.6 Å². The van der Waals surface area contributed by atoms with Crippen LogP contribution in [0.1, 0.15) is 31.3 Å². The van der Waals surface area contributed by atoms with Gasteiger partial charge in [-0.25, -0.2) is 0 Å². The second kappa shape index (κ2) is 3.38. The number of aromatic nitrogens is 1. The van der Waals surface area contributed by atoms with E-state index in [0.29, 0.717) is 5.82 Å². The number of Topliss-reactive ketones (excluding diaryl/α,β-unsaturated/α-hetero) is 1. The molecule has 1 aromatic heterocycles. The van der Waals surface area contributed by atoms with Gasteiger partial charge in [0, 0.05) is 19.0 Å². The van der Waals surface area contributed by atoms with Gasteiger partial charge >= 0.3 is 0 Å². The molecule has 0 aromatic carbocycles. The van der Waals surface area contributed by atoms with Crippen LogP contribution in [-0.4, -0.2) is 17.0 Å². The maximum Gasteiger partial charge on any atom is 0.204 e. The molecule has 0 aliphatic carbocycles. The van der Waals surface area contributed by atoms with Crippen LogP contribution >= 0.6 is 0 Å². The molecule has 1 heterocycles. The number of hydrogen-bond acceptors (Lipinski definition) is 4. The van der Waals surface area contributed by atoms with Crippen molar-refractivity contribution in [3.8, 4) is 0 Å². The molecule has 1 rings (SSSR count). The van der Waals surface area contributed by atoms with Crippen LogP contribution in [0.25, 0.3) is 0 Å². The van der Waals surface area contributed by atoms with Gasteiger partial charge in [0.05, 0.1) is 0 Å². The summed E-state index contributed by atoms with van der Waals surface area (Å²) in [6.45, 7) is 5.42. The highest BCUT2D eigenvalue weighted by atomic mass is 16.5. The lowest BCUT2D eigenvalue weighted by Gasteiger charge is -2.03. The molecule has 0 aliphatic rings. The number of rotatable bonds is 3. The first kappa shape index (κ1) is 8.77. The zero-order chi connectivity index (χ0) is 9.14. The Bertz CT molecular complexity index is 278. The Morgan fingerprint density at radius 1 is 1.67 bits per heavy atom. The normalized spacial score (nSPS) is 10.3. The Hall–Kier alpha value is -1.32. The fourth-order valence-electron chi connectivity index (χ4n) is 0.805. The third kappa shape index (κ3) is 2.08. The zero-order valence-electron chi connectivity index (χ0n) is 7.42. The maximum absolute atomic E-state index is 10.8. The number of nitrogens with zero attached hydrogens (tertiary/aromatic N) is 1. The minimum Gasteiger partial charge on any atom is -0.365 e. The molecule has 0 bridgehead atoms. The number of hydrogen-bond donors (Lipinski definition) is 1. The van der Waals surface area contributed by atoms with Crippen LogP contribution < -0.4 is 5.32 Å². The highest BCUT2D eigenvalue weighted by Crippen LogP contribution is 2.09. The first-order valence-electron chi connectivity index (χ1n) is 3.84. The van der Waals surface area contributed by atoms with Crippen molar-refractivity contribution in [2.75, 3.05) is 5.32 Å². The van der Waals surface area contributed by atoms with Gasteiger partial charge in [-0.2, -0.15) is 0 Å². The number of nitrogens with one attached hydrogen (secondary N) is 1. The van der Waals surface area contributed by atoms with Gasteiger partial charge < -0.3 is 9.84 Å². The average Bonchev–Trinajstić information content (AvgIpc) is 2.34. The molecule has 0 unspecified atom stereocenters. The fraction of sp³-hybridized carbons (Fsp3) is 0.500. The van der Waals surface area contributed by atoms with Crippen molar-refractivity contribution in [2.45, 2.75) is 26.8 Å². The molecule has 0 fully saturated rings. The van der Waals surface area contributed by atoms with Crippen molar-refractivity contribution in [2.24, 2.45) is 0 Å². The SMILES string of the molecule is CC(=O)c1cc(NC(C)C)no1. The highest BCUT2D eigenvalue weighted by molar-refractivity contribution is 5.91. The summed E-state index contributed by atoms with van der Waals surface area (Å²) in [6.07, 6.45) is 0. The number of carbonyl (C=O) groups excluding carboxylic acids is 1. The summed E-state index contributed by atoms with van der Waals surface area (Å²) < 4.78 is 4.76. The van der Waals surface area contributed by atoms with Gasteiger partial charge in [-0.15, -0.1) is 0 Å². The maximum atomic E-state index is 10.8. The lowest BCUT2D eigenvalue weighted by atomic mass is 10.3. The van der Waals surface area contributed by atoms with Crippen molar-refractivity contribution >= 4 is 11.6 Å². The number of ketones is 1. The molecule has 0 radical (unpaired) electrons. The molecule has 0 saturated carbocycles. The predicted octanol–water partition coefficient (Wildman–Crippen LogP) is 1.70. The Morgan fingerprint density at radius 2 is 2.33 bits per heavy atom. The van der Waals surface area contributed by atoms with Crippen LogP contribution in [0, 0.1) is 0 Å². The second-order valence-electron chi connectivity index (χ2n) is 2.93. The van der Waals surface area contributed by atoms with E-state index < -0.39 is 0 Å². The first-order valence-corrected chi connectivity index (χ1v) is 3.84. The van der Waals surface area contributed by atoms with E-state index in [1.54, 1.807) is 6.07 Å². The Balaban J connectivity index is 2.71. The van der Waals surface area contributed by atoms with Gasteiger partial charge in [0.2, 0.25) is 5.76 Å². The van der Waals surface area contributed by atoms with Gasteiger partial charge in [-0.1, -0.05) is 5.16 Å².